The molecular weight excluding hydrogens is 424 g/mol. The molecule has 14 heteroatoms. The topological polar surface area (TPSA) is 144 Å². The highest BCUT2D eigenvalue weighted by Gasteiger charge is 2.62. The molecule has 2 aromatic rings. The van der Waals surface area contributed by atoms with Gasteiger partial charge in [0.2, 0.25) is 5.95 Å². The molecule has 3 N–H and O–H groups in total. The van der Waals surface area contributed by atoms with Crippen LogP contribution in [0.4, 0.5) is 5.95 Å². The predicted octanol–water partition coefficient (Wildman–Crippen LogP) is 1.72. The Balaban J connectivity index is 1.71. The molecule has 0 aromatic carbocycles. The number of rotatable bonds is 3. The van der Waals surface area contributed by atoms with Crippen molar-refractivity contribution in [3.8, 4) is 0 Å². The Hall–Kier alpha value is -1.20. The molecule has 4 heterocycles. The second kappa shape index (κ2) is 6.41. The van der Waals surface area contributed by atoms with Crippen LogP contribution in [0.25, 0.3) is 11.2 Å². The first-order valence-electron chi connectivity index (χ1n) is 7.98. The number of alkyl halides is 2. The highest BCUT2D eigenvalue weighted by atomic mass is 35.5. The van der Waals surface area contributed by atoms with Crippen LogP contribution in [0.3, 0.4) is 0 Å². The molecule has 0 amide bonds. The van der Waals surface area contributed by atoms with Gasteiger partial charge in [-0.2, -0.15) is 4.98 Å². The Morgan fingerprint density at radius 1 is 1.52 bits per heavy atom. The van der Waals surface area contributed by atoms with E-state index in [9.17, 15) is 9.36 Å². The van der Waals surface area contributed by atoms with Gasteiger partial charge in [-0.05, 0) is 13.8 Å². The Morgan fingerprint density at radius 3 is 2.96 bits per heavy atom. The molecule has 0 unspecified atom stereocenters. The Morgan fingerprint density at radius 2 is 2.26 bits per heavy atom. The molecule has 27 heavy (non-hydrogen) atoms. The van der Waals surface area contributed by atoms with E-state index in [0.717, 1.165) is 0 Å². The lowest BCUT2D eigenvalue weighted by atomic mass is 10.2. The summed E-state index contributed by atoms with van der Waals surface area (Å²) in [6.07, 6.45) is -1.88. The first-order valence-corrected chi connectivity index (χ1v) is 10.2. The molecule has 2 aliphatic rings. The zero-order valence-corrected chi connectivity index (χ0v) is 16.6. The summed E-state index contributed by atoms with van der Waals surface area (Å²) in [6, 6.07) is 0. The van der Waals surface area contributed by atoms with Crippen LogP contribution >= 0.6 is 31.0 Å². The fourth-order valence-electron chi connectivity index (χ4n) is 2.99. The van der Waals surface area contributed by atoms with E-state index in [1.807, 2.05) is 0 Å². The number of hydrogen-bond acceptors (Lipinski definition) is 9. The van der Waals surface area contributed by atoms with Crippen molar-refractivity contribution in [1.29, 1.82) is 0 Å². The number of phosphoric ester groups is 1. The monoisotopic (exact) mass is 439 g/mol. The number of aromatic nitrogens is 4. The fraction of sp³-hybridized carbons (Fsp3) is 0.615. The summed E-state index contributed by atoms with van der Waals surface area (Å²) in [5.74, 6) is -0.103. The van der Waals surface area contributed by atoms with Gasteiger partial charge in [-0.1, -0.05) is 23.2 Å². The molecule has 0 radical (unpaired) electrons. The van der Waals surface area contributed by atoms with E-state index >= 15 is 0 Å². The number of ether oxygens (including phenoxy) is 1. The number of hydrogen-bond donors (Lipinski definition) is 2. The minimum Gasteiger partial charge on any atom is -0.369 e. The van der Waals surface area contributed by atoms with Crippen molar-refractivity contribution in [3.63, 3.8) is 0 Å². The number of nitrogens with one attached hydrogen (secondary N) is 1. The van der Waals surface area contributed by atoms with E-state index < -0.39 is 42.3 Å². The standard InChI is InChI=1S/C13H16Cl2N5O6P/c1-5(2)25-27(22)23-3-6-8(26-27)13(14,15)11(24-6)20-4-17-7-9(20)18-12(16)19-10(7)21/h4-6,8,11H,3H2,1-2H3,(H3,16,18,19,21)/t6-,8-,11-,27+/m1/s1. The van der Waals surface area contributed by atoms with Crippen LogP contribution < -0.4 is 11.3 Å². The minimum absolute atomic E-state index is 0.0396. The molecule has 0 aliphatic carbocycles. The van der Waals surface area contributed by atoms with Crippen LogP contribution in [0, 0.1) is 0 Å². The molecule has 2 fully saturated rings. The third kappa shape index (κ3) is 3.17. The van der Waals surface area contributed by atoms with Gasteiger partial charge in [0.05, 0.1) is 19.0 Å². The lowest BCUT2D eigenvalue weighted by molar-refractivity contribution is -0.0733. The lowest BCUT2D eigenvalue weighted by Gasteiger charge is -2.33. The summed E-state index contributed by atoms with van der Waals surface area (Å²) in [4.78, 5) is 22.4. The third-order valence-electron chi connectivity index (χ3n) is 4.03. The average molecular weight is 440 g/mol. The highest BCUT2D eigenvalue weighted by Crippen LogP contribution is 2.61. The van der Waals surface area contributed by atoms with Gasteiger partial charge in [0, 0.05) is 0 Å². The number of phosphoric acid groups is 1. The van der Waals surface area contributed by atoms with Crippen molar-refractivity contribution >= 4 is 48.1 Å². The molecule has 2 saturated heterocycles. The second-order valence-corrected chi connectivity index (χ2v) is 9.42. The SMILES string of the molecule is CC(C)O[P@]1(=O)OC[C@H]2O[C@@H](n3cnc4c(=O)[nH]c(N)nc43)C(Cl)(Cl)[C@@H]2O1. The Labute approximate surface area is 162 Å². The fourth-order valence-corrected chi connectivity index (χ4v) is 5.40. The molecule has 2 aliphatic heterocycles. The van der Waals surface area contributed by atoms with Gasteiger partial charge < -0.3 is 10.5 Å². The number of nitrogen functional groups attached to an aromatic ring is 1. The van der Waals surface area contributed by atoms with Gasteiger partial charge in [-0.25, -0.2) is 9.55 Å². The predicted molar refractivity (Wildman–Crippen MR) is 95.6 cm³/mol. The molecule has 0 saturated carbocycles. The van der Waals surface area contributed by atoms with Crippen molar-refractivity contribution in [3.05, 3.63) is 16.7 Å². The smallest absolute Gasteiger partial charge is 0.369 e. The van der Waals surface area contributed by atoms with E-state index in [1.54, 1.807) is 13.8 Å². The zero-order chi connectivity index (χ0) is 19.6. The van der Waals surface area contributed by atoms with E-state index in [0.29, 0.717) is 0 Å². The molecule has 148 valence electrons. The van der Waals surface area contributed by atoms with E-state index in [-0.39, 0.29) is 23.7 Å². The van der Waals surface area contributed by atoms with Crippen molar-refractivity contribution in [2.75, 3.05) is 12.3 Å². The molecule has 0 bridgehead atoms. The van der Waals surface area contributed by atoms with Crippen LogP contribution in [0.1, 0.15) is 20.1 Å². The van der Waals surface area contributed by atoms with E-state index in [1.165, 1.54) is 10.9 Å². The van der Waals surface area contributed by atoms with Crippen LogP contribution in [-0.2, 0) is 22.9 Å². The van der Waals surface area contributed by atoms with Gasteiger partial charge in [-0.15, -0.1) is 0 Å². The maximum absolute atomic E-state index is 12.6. The Kier molecular flexibility index (Phi) is 4.54. The largest absolute Gasteiger partial charge is 0.475 e. The van der Waals surface area contributed by atoms with Crippen LogP contribution in [0.15, 0.2) is 11.1 Å². The molecular formula is C13H16Cl2N5O6P. The van der Waals surface area contributed by atoms with Crippen LogP contribution in [0.2, 0.25) is 0 Å². The number of aromatic amines is 1. The summed E-state index contributed by atoms with van der Waals surface area (Å²) < 4.78 is 34.1. The third-order valence-corrected chi connectivity index (χ3v) is 6.47. The maximum atomic E-state index is 12.6. The average Bonchev–Trinajstić information content (AvgIpc) is 3.05. The van der Waals surface area contributed by atoms with Crippen LogP contribution in [-0.4, -0.2) is 48.8 Å². The number of nitrogens with zero attached hydrogens (tertiary/aromatic N) is 3. The highest BCUT2D eigenvalue weighted by molar-refractivity contribution is 7.48. The van der Waals surface area contributed by atoms with Gasteiger partial charge >= 0.3 is 7.82 Å². The van der Waals surface area contributed by atoms with Crippen LogP contribution in [0.5, 0.6) is 0 Å². The molecule has 11 nitrogen and oxygen atoms in total. The van der Waals surface area contributed by atoms with E-state index in [2.05, 4.69) is 15.0 Å². The van der Waals surface area contributed by atoms with Crippen molar-refractivity contribution in [2.24, 2.45) is 0 Å². The summed E-state index contributed by atoms with van der Waals surface area (Å²) in [7, 11) is -3.85. The van der Waals surface area contributed by atoms with E-state index in [4.69, 9.17) is 47.2 Å². The Bertz CT molecular complexity index is 993. The lowest BCUT2D eigenvalue weighted by Crippen LogP contribution is -2.42. The second-order valence-electron chi connectivity index (χ2n) is 6.40. The normalized spacial score (nSPS) is 32.9. The van der Waals surface area contributed by atoms with Gasteiger partial charge in [0.25, 0.3) is 5.56 Å². The number of halogens is 2. The molecule has 0 spiro atoms. The summed E-state index contributed by atoms with van der Waals surface area (Å²) in [5.41, 5.74) is 5.26. The van der Waals surface area contributed by atoms with Crippen molar-refractivity contribution < 1.29 is 22.9 Å². The number of nitrogens with two attached hydrogens (primary N) is 1. The summed E-state index contributed by atoms with van der Waals surface area (Å²) >= 11 is 13.1. The molecule has 4 atom stereocenters. The zero-order valence-electron chi connectivity index (χ0n) is 14.2. The van der Waals surface area contributed by atoms with Crippen molar-refractivity contribution in [2.45, 2.75) is 42.7 Å². The number of imidazole rings is 1. The molecule has 4 rings (SSSR count). The maximum Gasteiger partial charge on any atom is 0.475 e. The number of anilines is 1. The summed E-state index contributed by atoms with van der Waals surface area (Å²) in [6.45, 7) is 3.27. The first-order chi connectivity index (χ1) is 12.6. The number of H-pyrrole nitrogens is 1. The van der Waals surface area contributed by atoms with Crippen molar-refractivity contribution in [1.82, 2.24) is 19.5 Å². The minimum atomic E-state index is -3.85. The van der Waals surface area contributed by atoms with Gasteiger partial charge in [0.1, 0.15) is 12.2 Å². The molecule has 2 aromatic heterocycles. The summed E-state index contributed by atoms with van der Waals surface area (Å²) in [5, 5.41) is 0. The number of fused-ring (bicyclic) bond motifs is 2. The first kappa shape index (κ1) is 19.1. The van der Waals surface area contributed by atoms with Gasteiger partial charge in [0.15, 0.2) is 21.7 Å². The quantitative estimate of drug-likeness (QED) is 0.539. The van der Waals surface area contributed by atoms with Gasteiger partial charge in [-0.3, -0.25) is 27.9 Å².